The first kappa shape index (κ1) is 14.0. The second-order valence-corrected chi connectivity index (χ2v) is 5.34. The summed E-state index contributed by atoms with van der Waals surface area (Å²) < 4.78 is 28.3. The SMILES string of the molecule is Cc1ccc(CNc2c(F)ccc(C)c2F)cc1Br. The molecule has 1 N–H and O–H groups in total. The van der Waals surface area contributed by atoms with Crippen molar-refractivity contribution in [2.24, 2.45) is 0 Å². The van der Waals surface area contributed by atoms with E-state index in [1.54, 1.807) is 6.92 Å². The number of hydrogen-bond acceptors (Lipinski definition) is 1. The van der Waals surface area contributed by atoms with Crippen LogP contribution < -0.4 is 5.32 Å². The highest BCUT2D eigenvalue weighted by atomic mass is 79.9. The molecule has 0 spiro atoms. The number of hydrogen-bond donors (Lipinski definition) is 1. The Bertz CT molecular complexity index is 611. The van der Waals surface area contributed by atoms with Crippen molar-refractivity contribution in [3.05, 3.63) is 63.1 Å². The maximum Gasteiger partial charge on any atom is 0.152 e. The predicted octanol–water partition coefficient (Wildman–Crippen LogP) is 4.96. The lowest BCUT2D eigenvalue weighted by atomic mass is 10.1. The molecule has 1 nitrogen and oxygen atoms in total. The van der Waals surface area contributed by atoms with Gasteiger partial charge in [0.25, 0.3) is 0 Å². The van der Waals surface area contributed by atoms with Crippen LogP contribution in [0.2, 0.25) is 0 Å². The van der Waals surface area contributed by atoms with E-state index in [1.807, 2.05) is 25.1 Å². The van der Waals surface area contributed by atoms with E-state index in [0.717, 1.165) is 15.6 Å². The molecular weight excluding hydrogens is 312 g/mol. The lowest BCUT2D eigenvalue weighted by Gasteiger charge is -2.11. The van der Waals surface area contributed by atoms with Gasteiger partial charge in [0.2, 0.25) is 0 Å². The highest BCUT2D eigenvalue weighted by Gasteiger charge is 2.10. The quantitative estimate of drug-likeness (QED) is 0.841. The Kier molecular flexibility index (Phi) is 4.20. The molecule has 0 bridgehead atoms. The van der Waals surface area contributed by atoms with Gasteiger partial charge < -0.3 is 5.32 Å². The monoisotopic (exact) mass is 325 g/mol. The number of anilines is 1. The average molecular weight is 326 g/mol. The van der Waals surface area contributed by atoms with Gasteiger partial charge in [-0.3, -0.25) is 0 Å². The van der Waals surface area contributed by atoms with Crippen molar-refractivity contribution in [3.63, 3.8) is 0 Å². The van der Waals surface area contributed by atoms with Gasteiger partial charge in [-0.05, 0) is 42.7 Å². The van der Waals surface area contributed by atoms with Gasteiger partial charge in [0, 0.05) is 11.0 Å². The minimum atomic E-state index is -0.575. The van der Waals surface area contributed by atoms with Gasteiger partial charge >= 0.3 is 0 Å². The Morgan fingerprint density at radius 2 is 1.74 bits per heavy atom. The Balaban J connectivity index is 2.19. The average Bonchev–Trinajstić information content (AvgIpc) is 2.38. The Labute approximate surface area is 119 Å². The van der Waals surface area contributed by atoms with E-state index in [4.69, 9.17) is 0 Å². The minimum Gasteiger partial charge on any atom is -0.376 e. The summed E-state index contributed by atoms with van der Waals surface area (Å²) in [6.07, 6.45) is 0. The summed E-state index contributed by atoms with van der Waals surface area (Å²) in [7, 11) is 0. The van der Waals surface area contributed by atoms with Crippen molar-refractivity contribution in [1.29, 1.82) is 0 Å². The molecule has 0 saturated carbocycles. The molecule has 0 aliphatic rings. The Morgan fingerprint density at radius 1 is 1.05 bits per heavy atom. The highest BCUT2D eigenvalue weighted by molar-refractivity contribution is 9.10. The maximum atomic E-state index is 13.8. The number of nitrogens with one attached hydrogen (secondary N) is 1. The molecule has 100 valence electrons. The van der Waals surface area contributed by atoms with Crippen molar-refractivity contribution < 1.29 is 8.78 Å². The molecule has 0 unspecified atom stereocenters. The first-order valence-electron chi connectivity index (χ1n) is 5.92. The van der Waals surface area contributed by atoms with Crippen molar-refractivity contribution in [2.45, 2.75) is 20.4 Å². The van der Waals surface area contributed by atoms with Gasteiger partial charge in [-0.15, -0.1) is 0 Å². The molecule has 2 aromatic carbocycles. The van der Waals surface area contributed by atoms with E-state index in [0.29, 0.717) is 12.1 Å². The molecule has 19 heavy (non-hydrogen) atoms. The van der Waals surface area contributed by atoms with Crippen LogP contribution in [-0.4, -0.2) is 0 Å². The summed E-state index contributed by atoms with van der Waals surface area (Å²) in [5.41, 5.74) is 2.43. The van der Waals surface area contributed by atoms with E-state index < -0.39 is 11.6 Å². The van der Waals surface area contributed by atoms with Gasteiger partial charge in [0.15, 0.2) is 5.82 Å². The van der Waals surface area contributed by atoms with E-state index >= 15 is 0 Å². The van der Waals surface area contributed by atoms with Gasteiger partial charge in [0.05, 0.1) is 0 Å². The second-order valence-electron chi connectivity index (χ2n) is 4.49. The summed E-state index contributed by atoms with van der Waals surface area (Å²) in [5, 5.41) is 2.81. The molecule has 2 rings (SSSR count). The number of benzene rings is 2. The smallest absolute Gasteiger partial charge is 0.152 e. The molecular formula is C15H14BrF2N. The lowest BCUT2D eigenvalue weighted by Crippen LogP contribution is -2.05. The molecule has 2 aromatic rings. The molecule has 0 fully saturated rings. The van der Waals surface area contributed by atoms with Crippen LogP contribution in [0.1, 0.15) is 16.7 Å². The van der Waals surface area contributed by atoms with Crippen LogP contribution in [0, 0.1) is 25.5 Å². The molecule has 0 radical (unpaired) electrons. The Hall–Kier alpha value is -1.42. The molecule has 0 saturated heterocycles. The van der Waals surface area contributed by atoms with Crippen LogP contribution in [0.15, 0.2) is 34.8 Å². The number of aryl methyl sites for hydroxylation is 2. The van der Waals surface area contributed by atoms with Crippen LogP contribution in [0.5, 0.6) is 0 Å². The first-order valence-corrected chi connectivity index (χ1v) is 6.72. The standard InChI is InChI=1S/C15H14BrF2N/c1-9-3-5-11(7-12(9)16)8-19-15-13(17)6-4-10(2)14(15)18/h3-7,19H,8H2,1-2H3. The zero-order valence-corrected chi connectivity index (χ0v) is 12.3. The third-order valence-electron chi connectivity index (χ3n) is 2.99. The summed E-state index contributed by atoms with van der Waals surface area (Å²) in [5.74, 6) is -1.11. The van der Waals surface area contributed by atoms with Crippen LogP contribution in [0.25, 0.3) is 0 Å². The fourth-order valence-electron chi connectivity index (χ4n) is 1.76. The normalized spacial score (nSPS) is 10.6. The van der Waals surface area contributed by atoms with Crippen molar-refractivity contribution in [2.75, 3.05) is 5.32 Å². The molecule has 4 heteroatoms. The molecule has 0 aromatic heterocycles. The fourth-order valence-corrected chi connectivity index (χ4v) is 2.18. The highest BCUT2D eigenvalue weighted by Crippen LogP contribution is 2.23. The van der Waals surface area contributed by atoms with Crippen molar-refractivity contribution in [1.82, 2.24) is 0 Å². The van der Waals surface area contributed by atoms with Crippen LogP contribution in [0.4, 0.5) is 14.5 Å². The topological polar surface area (TPSA) is 12.0 Å². The van der Waals surface area contributed by atoms with Crippen molar-refractivity contribution in [3.8, 4) is 0 Å². The van der Waals surface area contributed by atoms with E-state index in [-0.39, 0.29) is 5.69 Å². The lowest BCUT2D eigenvalue weighted by molar-refractivity contribution is 0.582. The molecule has 0 heterocycles. The zero-order chi connectivity index (χ0) is 14.0. The molecule has 0 amide bonds. The fraction of sp³-hybridized carbons (Fsp3) is 0.200. The van der Waals surface area contributed by atoms with Gasteiger partial charge in [0.1, 0.15) is 11.5 Å². The largest absolute Gasteiger partial charge is 0.376 e. The molecule has 0 aliphatic carbocycles. The van der Waals surface area contributed by atoms with Gasteiger partial charge in [-0.1, -0.05) is 34.1 Å². The molecule has 0 aliphatic heterocycles. The van der Waals surface area contributed by atoms with Gasteiger partial charge in [-0.2, -0.15) is 0 Å². The minimum absolute atomic E-state index is 0.0725. The summed E-state index contributed by atoms with van der Waals surface area (Å²) in [6, 6.07) is 8.53. The third-order valence-corrected chi connectivity index (χ3v) is 3.84. The third kappa shape index (κ3) is 3.13. The first-order chi connectivity index (χ1) is 8.99. The summed E-state index contributed by atoms with van der Waals surface area (Å²) in [4.78, 5) is 0. The zero-order valence-electron chi connectivity index (χ0n) is 10.7. The summed E-state index contributed by atoms with van der Waals surface area (Å²) in [6.45, 7) is 3.97. The van der Waals surface area contributed by atoms with E-state index in [9.17, 15) is 8.78 Å². The number of rotatable bonds is 3. The van der Waals surface area contributed by atoms with Crippen LogP contribution in [-0.2, 0) is 6.54 Å². The molecule has 0 atom stereocenters. The van der Waals surface area contributed by atoms with Crippen LogP contribution in [0.3, 0.4) is 0 Å². The number of halogens is 3. The van der Waals surface area contributed by atoms with E-state index in [2.05, 4.69) is 21.2 Å². The predicted molar refractivity (Wildman–Crippen MR) is 77.3 cm³/mol. The summed E-state index contributed by atoms with van der Waals surface area (Å²) >= 11 is 3.44. The van der Waals surface area contributed by atoms with Gasteiger partial charge in [-0.25, -0.2) is 8.78 Å². The second kappa shape index (κ2) is 5.70. The van der Waals surface area contributed by atoms with Crippen molar-refractivity contribution >= 4 is 21.6 Å². The Morgan fingerprint density at radius 3 is 2.42 bits per heavy atom. The maximum absolute atomic E-state index is 13.8. The van der Waals surface area contributed by atoms with Crippen LogP contribution >= 0.6 is 15.9 Å². The van der Waals surface area contributed by atoms with E-state index in [1.165, 1.54) is 12.1 Å².